The Morgan fingerprint density at radius 1 is 1.43 bits per heavy atom. The van der Waals surface area contributed by atoms with E-state index < -0.39 is 0 Å². The Labute approximate surface area is 93.2 Å². The summed E-state index contributed by atoms with van der Waals surface area (Å²) in [6.07, 6.45) is 0. The number of rotatable bonds is 1. The van der Waals surface area contributed by atoms with Gasteiger partial charge in [-0.1, -0.05) is 28.1 Å². The highest BCUT2D eigenvalue weighted by Gasteiger charge is 2.28. The molecule has 1 saturated heterocycles. The van der Waals surface area contributed by atoms with E-state index >= 15 is 0 Å². The summed E-state index contributed by atoms with van der Waals surface area (Å²) in [4.78, 5) is 2.29. The van der Waals surface area contributed by atoms with Crippen LogP contribution in [0.25, 0.3) is 0 Å². The highest BCUT2D eigenvalue weighted by Crippen LogP contribution is 2.27. The lowest BCUT2D eigenvalue weighted by Crippen LogP contribution is -2.27. The maximum Gasteiger partial charge on any atom is 0.0249 e. The molecule has 3 heteroatoms. The highest BCUT2D eigenvalue weighted by atomic mass is 79.9. The van der Waals surface area contributed by atoms with Crippen molar-refractivity contribution in [3.8, 4) is 0 Å². The zero-order chi connectivity index (χ0) is 10.1. The molecule has 2 rings (SSSR count). The van der Waals surface area contributed by atoms with Gasteiger partial charge in [0.15, 0.2) is 0 Å². The first-order valence-electron chi connectivity index (χ1n) is 4.86. The van der Waals surface area contributed by atoms with Gasteiger partial charge in [0.2, 0.25) is 0 Å². The second-order valence-corrected chi connectivity index (χ2v) is 4.96. The fourth-order valence-corrected chi connectivity index (χ4v) is 2.54. The number of hydrogen-bond donors (Lipinski definition) is 1. The van der Waals surface area contributed by atoms with Crippen molar-refractivity contribution in [3.63, 3.8) is 0 Å². The average Bonchev–Trinajstić information content (AvgIpc) is 2.45. The number of hydrogen-bond acceptors (Lipinski definition) is 2. The van der Waals surface area contributed by atoms with E-state index in [-0.39, 0.29) is 6.04 Å². The maximum absolute atomic E-state index is 6.09. The Kier molecular flexibility index (Phi) is 2.91. The van der Waals surface area contributed by atoms with Crippen LogP contribution in [0.1, 0.15) is 11.5 Å². The number of nitrogens with two attached hydrogens (primary N) is 1. The Morgan fingerprint density at radius 3 is 2.79 bits per heavy atom. The SMILES string of the molecule is CN1CC(N)C(c2cccc(Br)c2)C1. The first-order chi connectivity index (χ1) is 6.66. The smallest absolute Gasteiger partial charge is 0.0249 e. The quantitative estimate of drug-likeness (QED) is 0.829. The monoisotopic (exact) mass is 254 g/mol. The van der Waals surface area contributed by atoms with Crippen molar-refractivity contribution in [1.29, 1.82) is 0 Å². The largest absolute Gasteiger partial charge is 0.326 e. The molecular weight excluding hydrogens is 240 g/mol. The van der Waals surface area contributed by atoms with Crippen molar-refractivity contribution in [2.75, 3.05) is 20.1 Å². The minimum atomic E-state index is 0.272. The lowest BCUT2D eigenvalue weighted by molar-refractivity contribution is 0.407. The van der Waals surface area contributed by atoms with Gasteiger partial charge in [-0.2, -0.15) is 0 Å². The van der Waals surface area contributed by atoms with Gasteiger partial charge in [-0.25, -0.2) is 0 Å². The van der Waals surface area contributed by atoms with Gasteiger partial charge in [0.05, 0.1) is 0 Å². The Hall–Kier alpha value is -0.380. The summed E-state index contributed by atoms with van der Waals surface area (Å²) in [6.45, 7) is 2.06. The molecule has 1 aliphatic rings. The standard InChI is InChI=1S/C11H15BrN2/c1-14-6-10(11(13)7-14)8-3-2-4-9(12)5-8/h2-5,10-11H,6-7,13H2,1H3. The van der Waals surface area contributed by atoms with Gasteiger partial charge in [0, 0.05) is 29.5 Å². The molecular formula is C11H15BrN2. The molecule has 0 spiro atoms. The lowest BCUT2D eigenvalue weighted by atomic mass is 9.95. The predicted molar refractivity (Wildman–Crippen MR) is 62.4 cm³/mol. The van der Waals surface area contributed by atoms with E-state index in [0.29, 0.717) is 5.92 Å². The van der Waals surface area contributed by atoms with E-state index in [1.165, 1.54) is 5.56 Å². The van der Waals surface area contributed by atoms with E-state index in [2.05, 4.69) is 46.1 Å². The molecule has 1 aromatic rings. The second-order valence-electron chi connectivity index (χ2n) is 4.05. The van der Waals surface area contributed by atoms with Crippen molar-refractivity contribution < 1.29 is 0 Å². The molecule has 1 fully saturated rings. The van der Waals surface area contributed by atoms with Gasteiger partial charge < -0.3 is 10.6 Å². The molecule has 1 aromatic carbocycles. The molecule has 14 heavy (non-hydrogen) atoms. The molecule has 0 saturated carbocycles. The Bertz CT molecular complexity index is 327. The third-order valence-corrected chi connectivity index (χ3v) is 3.32. The van der Waals surface area contributed by atoms with Crippen LogP contribution in [0.2, 0.25) is 0 Å². The Balaban J connectivity index is 2.23. The van der Waals surface area contributed by atoms with Gasteiger partial charge in [0.1, 0.15) is 0 Å². The normalized spacial score (nSPS) is 28.2. The van der Waals surface area contributed by atoms with Crippen LogP contribution < -0.4 is 5.73 Å². The lowest BCUT2D eigenvalue weighted by Gasteiger charge is -2.14. The first-order valence-corrected chi connectivity index (χ1v) is 5.65. The van der Waals surface area contributed by atoms with Crippen LogP contribution in [0.4, 0.5) is 0 Å². The summed E-state index contributed by atoms with van der Waals surface area (Å²) >= 11 is 3.49. The molecule has 2 atom stereocenters. The number of nitrogens with zero attached hydrogens (tertiary/aromatic N) is 1. The highest BCUT2D eigenvalue weighted by molar-refractivity contribution is 9.10. The van der Waals surface area contributed by atoms with E-state index in [1.54, 1.807) is 0 Å². The first kappa shape index (κ1) is 10.1. The number of likely N-dealkylation sites (tertiary alicyclic amines) is 1. The van der Waals surface area contributed by atoms with Crippen molar-refractivity contribution in [2.24, 2.45) is 5.73 Å². The molecule has 0 amide bonds. The molecule has 2 nitrogen and oxygen atoms in total. The topological polar surface area (TPSA) is 29.3 Å². The molecule has 1 aliphatic heterocycles. The van der Waals surface area contributed by atoms with Crippen molar-refractivity contribution in [2.45, 2.75) is 12.0 Å². The third-order valence-electron chi connectivity index (χ3n) is 2.82. The van der Waals surface area contributed by atoms with Gasteiger partial charge >= 0.3 is 0 Å². The minimum absolute atomic E-state index is 0.272. The second kappa shape index (κ2) is 4.01. The number of benzene rings is 1. The van der Waals surface area contributed by atoms with Gasteiger partial charge in [0.25, 0.3) is 0 Å². The maximum atomic E-state index is 6.09. The fourth-order valence-electron chi connectivity index (χ4n) is 2.12. The van der Waals surface area contributed by atoms with E-state index in [4.69, 9.17) is 5.73 Å². The van der Waals surface area contributed by atoms with Crippen LogP contribution in [0, 0.1) is 0 Å². The molecule has 0 radical (unpaired) electrons. The van der Waals surface area contributed by atoms with Gasteiger partial charge in [-0.05, 0) is 24.7 Å². The van der Waals surface area contributed by atoms with Crippen LogP contribution in [-0.4, -0.2) is 31.1 Å². The summed E-state index contributed by atoms with van der Waals surface area (Å²) in [5.74, 6) is 0.484. The minimum Gasteiger partial charge on any atom is -0.326 e. The van der Waals surface area contributed by atoms with Crippen LogP contribution in [-0.2, 0) is 0 Å². The molecule has 2 unspecified atom stereocenters. The molecule has 0 bridgehead atoms. The van der Waals surface area contributed by atoms with Crippen molar-refractivity contribution in [3.05, 3.63) is 34.3 Å². The summed E-state index contributed by atoms with van der Waals surface area (Å²) in [7, 11) is 2.12. The van der Waals surface area contributed by atoms with Crippen molar-refractivity contribution in [1.82, 2.24) is 4.90 Å². The van der Waals surface area contributed by atoms with Crippen molar-refractivity contribution >= 4 is 15.9 Å². The third kappa shape index (κ3) is 2.00. The Morgan fingerprint density at radius 2 is 2.21 bits per heavy atom. The summed E-state index contributed by atoms with van der Waals surface area (Å²) in [5, 5.41) is 0. The van der Waals surface area contributed by atoms with Crippen LogP contribution in [0.15, 0.2) is 28.7 Å². The van der Waals surface area contributed by atoms with Crippen LogP contribution in [0.5, 0.6) is 0 Å². The van der Waals surface area contributed by atoms with E-state index in [1.807, 2.05) is 6.07 Å². The number of likely N-dealkylation sites (N-methyl/N-ethyl adjacent to an activating group) is 1. The molecule has 2 N–H and O–H groups in total. The zero-order valence-corrected chi connectivity index (χ0v) is 9.87. The number of halogens is 1. The van der Waals surface area contributed by atoms with Crippen LogP contribution >= 0.6 is 15.9 Å². The van der Waals surface area contributed by atoms with Crippen LogP contribution in [0.3, 0.4) is 0 Å². The zero-order valence-electron chi connectivity index (χ0n) is 8.28. The van der Waals surface area contributed by atoms with E-state index in [0.717, 1.165) is 17.6 Å². The van der Waals surface area contributed by atoms with Gasteiger partial charge in [-0.15, -0.1) is 0 Å². The summed E-state index contributed by atoms with van der Waals surface area (Å²) in [6, 6.07) is 8.73. The summed E-state index contributed by atoms with van der Waals surface area (Å²) < 4.78 is 1.14. The fraction of sp³-hybridized carbons (Fsp3) is 0.455. The average molecular weight is 255 g/mol. The molecule has 76 valence electrons. The predicted octanol–water partition coefficient (Wildman–Crippen LogP) is 1.81. The molecule has 0 aliphatic carbocycles. The molecule has 1 heterocycles. The van der Waals surface area contributed by atoms with Gasteiger partial charge in [-0.3, -0.25) is 0 Å². The van der Waals surface area contributed by atoms with E-state index in [9.17, 15) is 0 Å². The summed E-state index contributed by atoms with van der Waals surface area (Å²) in [5.41, 5.74) is 7.44. The molecule has 0 aromatic heterocycles.